The molecule has 0 aliphatic heterocycles. The number of fused-ring (bicyclic) bond motifs is 1. The van der Waals surface area contributed by atoms with E-state index in [9.17, 15) is 4.79 Å². The van der Waals surface area contributed by atoms with Gasteiger partial charge in [-0.1, -0.05) is 6.07 Å². The second-order valence-electron chi connectivity index (χ2n) is 7.42. The third-order valence-corrected chi connectivity index (χ3v) is 4.90. The lowest BCUT2D eigenvalue weighted by molar-refractivity contribution is 0.0977. The standard InChI is InChI=1S/C24H22N4O3S/c1-14(2)30-17-11-9-16(10-12-17)22(29)28-24(32)26-19-7-4-6-18(15(19)3)23-27-21-20(31-23)8-5-13-25-21/h4-14H,1-3H3,(H2,26,28,29,32). The summed E-state index contributed by atoms with van der Waals surface area (Å²) in [5.41, 5.74) is 4.08. The van der Waals surface area contributed by atoms with Crippen molar-refractivity contribution in [1.82, 2.24) is 15.3 Å². The van der Waals surface area contributed by atoms with E-state index >= 15 is 0 Å². The summed E-state index contributed by atoms with van der Waals surface area (Å²) >= 11 is 5.35. The van der Waals surface area contributed by atoms with Crippen LogP contribution in [-0.2, 0) is 0 Å². The van der Waals surface area contributed by atoms with Crippen molar-refractivity contribution in [1.29, 1.82) is 0 Å². The number of hydrogen-bond donors (Lipinski definition) is 2. The van der Waals surface area contributed by atoms with Gasteiger partial charge >= 0.3 is 0 Å². The molecule has 4 aromatic rings. The SMILES string of the molecule is Cc1c(NC(=S)NC(=O)c2ccc(OC(C)C)cc2)cccc1-c1nc2ncccc2o1. The lowest BCUT2D eigenvalue weighted by Gasteiger charge is -2.14. The van der Waals surface area contributed by atoms with Crippen LogP contribution in [0.5, 0.6) is 5.75 Å². The Hall–Kier alpha value is -3.78. The van der Waals surface area contributed by atoms with E-state index in [1.54, 1.807) is 36.5 Å². The van der Waals surface area contributed by atoms with Crippen LogP contribution in [0.15, 0.2) is 65.2 Å². The van der Waals surface area contributed by atoms with Gasteiger partial charge in [0.25, 0.3) is 5.91 Å². The topological polar surface area (TPSA) is 89.3 Å². The lowest BCUT2D eigenvalue weighted by atomic mass is 10.1. The number of carbonyl (C=O) groups is 1. The highest BCUT2D eigenvalue weighted by Gasteiger charge is 2.15. The van der Waals surface area contributed by atoms with E-state index in [2.05, 4.69) is 20.6 Å². The van der Waals surface area contributed by atoms with Crippen LogP contribution in [0.1, 0.15) is 29.8 Å². The molecule has 7 nitrogen and oxygen atoms in total. The van der Waals surface area contributed by atoms with Crippen molar-refractivity contribution < 1.29 is 13.9 Å². The molecule has 2 N–H and O–H groups in total. The molecule has 0 aliphatic carbocycles. The van der Waals surface area contributed by atoms with Crippen molar-refractivity contribution in [2.24, 2.45) is 0 Å². The highest BCUT2D eigenvalue weighted by Crippen LogP contribution is 2.30. The summed E-state index contributed by atoms with van der Waals surface area (Å²) in [7, 11) is 0. The van der Waals surface area contributed by atoms with Crippen LogP contribution in [0.4, 0.5) is 5.69 Å². The average Bonchev–Trinajstić information content (AvgIpc) is 3.19. The molecule has 0 radical (unpaired) electrons. The minimum atomic E-state index is -0.308. The van der Waals surface area contributed by atoms with E-state index in [0.29, 0.717) is 28.4 Å². The Labute approximate surface area is 190 Å². The molecule has 2 aromatic carbocycles. The Morgan fingerprint density at radius 2 is 1.88 bits per heavy atom. The minimum absolute atomic E-state index is 0.0662. The van der Waals surface area contributed by atoms with E-state index in [1.807, 2.05) is 45.0 Å². The molecule has 0 atom stereocenters. The first kappa shape index (κ1) is 21.5. The number of nitrogens with one attached hydrogen (secondary N) is 2. The average molecular weight is 447 g/mol. The predicted octanol–water partition coefficient (Wildman–Crippen LogP) is 5.11. The fourth-order valence-electron chi connectivity index (χ4n) is 3.17. The molecule has 0 fully saturated rings. The normalized spacial score (nSPS) is 10.9. The summed E-state index contributed by atoms with van der Waals surface area (Å²) in [4.78, 5) is 21.2. The molecule has 8 heteroatoms. The van der Waals surface area contributed by atoms with E-state index in [4.69, 9.17) is 21.4 Å². The fraction of sp³-hybridized carbons (Fsp3) is 0.167. The molecule has 4 rings (SSSR count). The Bertz CT molecular complexity index is 1250. The van der Waals surface area contributed by atoms with Gasteiger partial charge in [-0.25, -0.2) is 4.98 Å². The quantitative estimate of drug-likeness (QED) is 0.412. The molecule has 0 aliphatic rings. The number of thiocarbonyl (C=S) groups is 1. The zero-order valence-corrected chi connectivity index (χ0v) is 18.7. The van der Waals surface area contributed by atoms with Crippen LogP contribution in [0.2, 0.25) is 0 Å². The third-order valence-electron chi connectivity index (χ3n) is 4.69. The van der Waals surface area contributed by atoms with Crippen LogP contribution < -0.4 is 15.4 Å². The molecule has 0 spiro atoms. The molecular formula is C24H22N4O3S. The maximum Gasteiger partial charge on any atom is 0.257 e. The monoisotopic (exact) mass is 446 g/mol. The van der Waals surface area contributed by atoms with Crippen molar-refractivity contribution >= 4 is 40.2 Å². The van der Waals surface area contributed by atoms with Gasteiger partial charge in [0.15, 0.2) is 16.3 Å². The van der Waals surface area contributed by atoms with Crippen LogP contribution >= 0.6 is 12.2 Å². The Morgan fingerprint density at radius 1 is 1.09 bits per heavy atom. The first-order chi connectivity index (χ1) is 15.4. The van der Waals surface area contributed by atoms with Crippen molar-refractivity contribution in [2.45, 2.75) is 26.9 Å². The van der Waals surface area contributed by atoms with Crippen molar-refractivity contribution in [3.05, 3.63) is 71.9 Å². The Kier molecular flexibility index (Phi) is 6.13. The van der Waals surface area contributed by atoms with Gasteiger partial charge in [-0.3, -0.25) is 10.1 Å². The molecule has 0 bridgehead atoms. The molecule has 2 aromatic heterocycles. The first-order valence-corrected chi connectivity index (χ1v) is 10.5. The maximum absolute atomic E-state index is 12.5. The summed E-state index contributed by atoms with van der Waals surface area (Å²) in [6.45, 7) is 5.82. The van der Waals surface area contributed by atoms with Gasteiger partial charge in [-0.2, -0.15) is 4.98 Å². The second-order valence-corrected chi connectivity index (χ2v) is 7.83. The largest absolute Gasteiger partial charge is 0.491 e. The van der Waals surface area contributed by atoms with Gasteiger partial charge in [0.2, 0.25) is 5.89 Å². The number of aromatic nitrogens is 2. The molecule has 2 heterocycles. The van der Waals surface area contributed by atoms with Gasteiger partial charge in [0.1, 0.15) is 5.75 Å². The lowest BCUT2D eigenvalue weighted by Crippen LogP contribution is -2.34. The van der Waals surface area contributed by atoms with Crippen LogP contribution in [0.25, 0.3) is 22.7 Å². The first-order valence-electron chi connectivity index (χ1n) is 10.1. The van der Waals surface area contributed by atoms with E-state index < -0.39 is 0 Å². The van der Waals surface area contributed by atoms with Gasteiger partial charge in [0, 0.05) is 23.0 Å². The smallest absolute Gasteiger partial charge is 0.257 e. The summed E-state index contributed by atoms with van der Waals surface area (Å²) in [5.74, 6) is 0.870. The number of rotatable bonds is 5. The van der Waals surface area contributed by atoms with Crippen molar-refractivity contribution in [3.8, 4) is 17.2 Å². The van der Waals surface area contributed by atoms with Crippen molar-refractivity contribution in [3.63, 3.8) is 0 Å². The number of nitrogens with zero attached hydrogens (tertiary/aromatic N) is 2. The number of carbonyl (C=O) groups excluding carboxylic acids is 1. The number of amides is 1. The Balaban J connectivity index is 1.46. The van der Waals surface area contributed by atoms with Gasteiger partial charge in [0.05, 0.1) is 6.10 Å². The highest BCUT2D eigenvalue weighted by molar-refractivity contribution is 7.80. The summed E-state index contributed by atoms with van der Waals surface area (Å²) in [6.07, 6.45) is 1.74. The molecule has 162 valence electrons. The second kappa shape index (κ2) is 9.15. The van der Waals surface area contributed by atoms with Crippen molar-refractivity contribution in [2.75, 3.05) is 5.32 Å². The molecule has 1 amide bonds. The van der Waals surface area contributed by atoms with Gasteiger partial charge in [-0.05, 0) is 87.1 Å². The fourth-order valence-corrected chi connectivity index (χ4v) is 3.38. The van der Waals surface area contributed by atoms with E-state index in [0.717, 1.165) is 16.8 Å². The molecule has 32 heavy (non-hydrogen) atoms. The van der Waals surface area contributed by atoms with Crippen LogP contribution in [0.3, 0.4) is 0 Å². The van der Waals surface area contributed by atoms with Gasteiger partial charge in [-0.15, -0.1) is 0 Å². The van der Waals surface area contributed by atoms with Gasteiger partial charge < -0.3 is 14.5 Å². The predicted molar refractivity (Wildman–Crippen MR) is 128 cm³/mol. The third kappa shape index (κ3) is 4.76. The van der Waals surface area contributed by atoms with Crippen LogP contribution in [0, 0.1) is 6.92 Å². The summed E-state index contributed by atoms with van der Waals surface area (Å²) in [6, 6.07) is 16.2. The number of pyridine rings is 1. The number of anilines is 1. The zero-order chi connectivity index (χ0) is 22.7. The molecular weight excluding hydrogens is 424 g/mol. The summed E-state index contributed by atoms with van der Waals surface area (Å²) in [5, 5.41) is 5.98. The number of hydrogen-bond acceptors (Lipinski definition) is 6. The molecule has 0 saturated carbocycles. The maximum atomic E-state index is 12.5. The number of benzene rings is 2. The Morgan fingerprint density at radius 3 is 2.59 bits per heavy atom. The number of oxazole rings is 1. The summed E-state index contributed by atoms with van der Waals surface area (Å²) < 4.78 is 11.4. The zero-order valence-electron chi connectivity index (χ0n) is 17.9. The van der Waals surface area contributed by atoms with E-state index in [1.165, 1.54) is 0 Å². The number of ether oxygens (including phenoxy) is 1. The molecule has 0 unspecified atom stereocenters. The van der Waals surface area contributed by atoms with E-state index in [-0.39, 0.29) is 17.1 Å². The van der Waals surface area contributed by atoms with Crippen LogP contribution in [-0.4, -0.2) is 27.1 Å². The highest BCUT2D eigenvalue weighted by atomic mass is 32.1. The minimum Gasteiger partial charge on any atom is -0.491 e. The molecule has 0 saturated heterocycles.